The van der Waals surface area contributed by atoms with Gasteiger partial charge in [0.15, 0.2) is 23.2 Å². The fraction of sp³-hybridized carbons (Fsp3) is 0.417. The molecule has 7 nitrogen and oxygen atoms in total. The van der Waals surface area contributed by atoms with Gasteiger partial charge in [0, 0.05) is 13.1 Å². The summed E-state index contributed by atoms with van der Waals surface area (Å²) < 4.78 is 17.7. The van der Waals surface area contributed by atoms with Crippen LogP contribution in [0.2, 0.25) is 0 Å². The summed E-state index contributed by atoms with van der Waals surface area (Å²) in [5, 5.41) is 0.647. The summed E-state index contributed by atoms with van der Waals surface area (Å²) in [5.41, 5.74) is 1.88. The van der Waals surface area contributed by atoms with Gasteiger partial charge in [0.1, 0.15) is 11.3 Å². The van der Waals surface area contributed by atoms with Crippen LogP contribution in [0.5, 0.6) is 17.2 Å². The summed E-state index contributed by atoms with van der Waals surface area (Å²) in [6, 6.07) is 11.2. The van der Waals surface area contributed by atoms with Crippen LogP contribution in [0.3, 0.4) is 0 Å². The molecule has 8 heteroatoms. The molecule has 0 atom stereocenters. The van der Waals surface area contributed by atoms with Gasteiger partial charge >= 0.3 is 0 Å². The number of thiazole rings is 1. The topological polar surface area (TPSA) is 64.1 Å². The van der Waals surface area contributed by atoms with Crippen LogP contribution in [0.1, 0.15) is 19.4 Å². The molecule has 1 heterocycles. The van der Waals surface area contributed by atoms with E-state index in [9.17, 15) is 4.79 Å². The smallest absolute Gasteiger partial charge is 0.266 e. The van der Waals surface area contributed by atoms with Crippen LogP contribution in [-0.4, -0.2) is 62.8 Å². The summed E-state index contributed by atoms with van der Waals surface area (Å²) in [7, 11) is 3.21. The molecule has 1 aromatic heterocycles. The summed E-state index contributed by atoms with van der Waals surface area (Å²) in [5.74, 6) is 1.68. The molecule has 0 spiro atoms. The van der Waals surface area contributed by atoms with Crippen LogP contribution >= 0.6 is 11.3 Å². The summed E-state index contributed by atoms with van der Waals surface area (Å²) in [4.78, 5) is 22.1. The third-order valence-corrected chi connectivity index (χ3v) is 6.61. The Bertz CT molecular complexity index is 1050. The number of aryl methyl sites for hydroxylation is 1. The number of amides is 1. The zero-order valence-corrected chi connectivity index (χ0v) is 20.2. The van der Waals surface area contributed by atoms with Crippen molar-refractivity contribution in [3.05, 3.63) is 42.0 Å². The molecule has 32 heavy (non-hydrogen) atoms. The molecule has 172 valence electrons. The predicted molar refractivity (Wildman–Crippen MR) is 130 cm³/mol. The Hall–Kier alpha value is -2.84. The van der Waals surface area contributed by atoms with E-state index in [1.807, 2.05) is 31.2 Å². The van der Waals surface area contributed by atoms with Crippen LogP contribution < -0.4 is 19.1 Å². The van der Waals surface area contributed by atoms with Gasteiger partial charge in [-0.05, 0) is 43.8 Å². The molecule has 3 aromatic rings. The Morgan fingerprint density at radius 3 is 2.31 bits per heavy atom. The first-order valence-electron chi connectivity index (χ1n) is 10.7. The highest BCUT2D eigenvalue weighted by Crippen LogP contribution is 2.36. The van der Waals surface area contributed by atoms with Gasteiger partial charge in [0.05, 0.1) is 18.9 Å². The van der Waals surface area contributed by atoms with Gasteiger partial charge in [-0.2, -0.15) is 0 Å². The number of fused-ring (bicyclic) bond motifs is 1. The van der Waals surface area contributed by atoms with Gasteiger partial charge in [-0.1, -0.05) is 43.4 Å². The first-order valence-corrected chi connectivity index (χ1v) is 11.6. The third-order valence-electron chi connectivity index (χ3n) is 5.40. The van der Waals surface area contributed by atoms with E-state index in [1.165, 1.54) is 11.3 Å². The van der Waals surface area contributed by atoms with Crippen molar-refractivity contribution in [2.75, 3.05) is 51.9 Å². The minimum atomic E-state index is -0.154. The van der Waals surface area contributed by atoms with Crippen molar-refractivity contribution < 1.29 is 19.0 Å². The zero-order valence-electron chi connectivity index (χ0n) is 19.4. The van der Waals surface area contributed by atoms with Gasteiger partial charge in [-0.15, -0.1) is 0 Å². The Balaban J connectivity index is 1.88. The second-order valence-electron chi connectivity index (χ2n) is 7.27. The summed E-state index contributed by atoms with van der Waals surface area (Å²) in [6.45, 7) is 9.28. The lowest BCUT2D eigenvalue weighted by molar-refractivity contribution is -0.120. The molecule has 2 aromatic carbocycles. The predicted octanol–water partition coefficient (Wildman–Crippen LogP) is 4.38. The number of aromatic nitrogens is 1. The average Bonchev–Trinajstić information content (AvgIpc) is 3.27. The van der Waals surface area contributed by atoms with E-state index in [4.69, 9.17) is 19.2 Å². The molecule has 0 N–H and O–H groups in total. The maximum absolute atomic E-state index is 13.3. The van der Waals surface area contributed by atoms with Gasteiger partial charge in [0.2, 0.25) is 0 Å². The minimum absolute atomic E-state index is 0.106. The van der Waals surface area contributed by atoms with E-state index >= 15 is 0 Å². The number of rotatable bonds is 11. The maximum atomic E-state index is 13.3. The molecule has 0 radical (unpaired) electrons. The molecule has 0 saturated heterocycles. The van der Waals surface area contributed by atoms with E-state index in [2.05, 4.69) is 18.7 Å². The first-order chi connectivity index (χ1) is 15.5. The van der Waals surface area contributed by atoms with Crippen LogP contribution in [0.25, 0.3) is 10.2 Å². The third kappa shape index (κ3) is 5.31. The van der Waals surface area contributed by atoms with Crippen molar-refractivity contribution >= 4 is 32.6 Å². The number of hydrogen-bond acceptors (Lipinski definition) is 7. The Morgan fingerprint density at radius 1 is 0.969 bits per heavy atom. The number of methoxy groups -OCH3 is 2. The quantitative estimate of drug-likeness (QED) is 0.426. The van der Waals surface area contributed by atoms with Crippen molar-refractivity contribution in [1.82, 2.24) is 9.88 Å². The highest BCUT2D eigenvalue weighted by molar-refractivity contribution is 7.22. The number of carbonyl (C=O) groups is 1. The molecule has 0 aliphatic carbocycles. The molecule has 0 saturated carbocycles. The van der Waals surface area contributed by atoms with Crippen LogP contribution in [0.15, 0.2) is 36.4 Å². The Kier molecular flexibility index (Phi) is 8.30. The number of anilines is 1. The van der Waals surface area contributed by atoms with Crippen molar-refractivity contribution in [2.45, 2.75) is 20.8 Å². The molecule has 0 fully saturated rings. The van der Waals surface area contributed by atoms with E-state index in [1.54, 1.807) is 31.3 Å². The lowest BCUT2D eigenvalue weighted by atomic mass is 10.2. The molecule has 1 amide bonds. The molecule has 0 unspecified atom stereocenters. The van der Waals surface area contributed by atoms with Gasteiger partial charge < -0.3 is 19.1 Å². The summed E-state index contributed by atoms with van der Waals surface area (Å²) >= 11 is 1.50. The van der Waals surface area contributed by atoms with Gasteiger partial charge in [-0.3, -0.25) is 9.69 Å². The fourth-order valence-electron chi connectivity index (χ4n) is 3.44. The Morgan fingerprint density at radius 2 is 1.66 bits per heavy atom. The normalized spacial score (nSPS) is 11.1. The lowest BCUT2D eigenvalue weighted by Gasteiger charge is -2.24. The monoisotopic (exact) mass is 457 g/mol. The van der Waals surface area contributed by atoms with Crippen molar-refractivity contribution in [1.29, 1.82) is 0 Å². The average molecular weight is 458 g/mol. The standard InChI is InChI=1S/C24H31N3O4S/c1-6-26(7-2)14-15-27(21(28)16-31-19-11-9-8-10-18(19)29-4)24-25-22-20(30-5)13-12-17(3)23(22)32-24/h8-13H,6-7,14-16H2,1-5H3. The number of nitrogens with zero attached hydrogens (tertiary/aromatic N) is 3. The number of benzene rings is 2. The van der Waals surface area contributed by atoms with E-state index in [0.717, 1.165) is 35.4 Å². The van der Waals surface area contributed by atoms with Crippen molar-refractivity contribution in [3.63, 3.8) is 0 Å². The zero-order chi connectivity index (χ0) is 23.1. The number of ether oxygens (including phenoxy) is 3. The van der Waals surface area contributed by atoms with E-state index < -0.39 is 0 Å². The summed E-state index contributed by atoms with van der Waals surface area (Å²) in [6.07, 6.45) is 0. The van der Waals surface area contributed by atoms with Crippen LogP contribution in [0, 0.1) is 6.92 Å². The van der Waals surface area contributed by atoms with Crippen molar-refractivity contribution in [3.8, 4) is 17.2 Å². The second kappa shape index (κ2) is 11.2. The second-order valence-corrected chi connectivity index (χ2v) is 8.25. The number of likely N-dealkylation sites (N-methyl/N-ethyl adjacent to an activating group) is 1. The SMILES string of the molecule is CCN(CC)CCN(C(=O)COc1ccccc1OC)c1nc2c(OC)ccc(C)c2s1. The number of carbonyl (C=O) groups excluding carboxylic acids is 1. The van der Waals surface area contributed by atoms with Crippen LogP contribution in [-0.2, 0) is 4.79 Å². The fourth-order valence-corrected chi connectivity index (χ4v) is 4.54. The number of para-hydroxylation sites is 2. The molecular weight excluding hydrogens is 426 g/mol. The molecule has 0 bridgehead atoms. The molecule has 0 aliphatic heterocycles. The maximum Gasteiger partial charge on any atom is 0.266 e. The van der Waals surface area contributed by atoms with Crippen LogP contribution in [0.4, 0.5) is 5.13 Å². The largest absolute Gasteiger partial charge is 0.494 e. The van der Waals surface area contributed by atoms with Gasteiger partial charge in [-0.25, -0.2) is 4.98 Å². The lowest BCUT2D eigenvalue weighted by Crippen LogP contribution is -2.41. The molecular formula is C24H31N3O4S. The van der Waals surface area contributed by atoms with E-state index in [0.29, 0.717) is 28.9 Å². The highest BCUT2D eigenvalue weighted by Gasteiger charge is 2.23. The Labute approximate surface area is 193 Å². The van der Waals surface area contributed by atoms with E-state index in [-0.39, 0.29) is 12.5 Å². The van der Waals surface area contributed by atoms with Crippen molar-refractivity contribution in [2.24, 2.45) is 0 Å². The minimum Gasteiger partial charge on any atom is -0.494 e. The van der Waals surface area contributed by atoms with Gasteiger partial charge in [0.25, 0.3) is 5.91 Å². The highest BCUT2D eigenvalue weighted by atomic mass is 32.1. The first kappa shape index (κ1) is 23.8. The number of hydrogen-bond donors (Lipinski definition) is 0. The molecule has 0 aliphatic rings. The molecule has 3 rings (SSSR count).